The third-order valence-corrected chi connectivity index (χ3v) is 5.28. The van der Waals surface area contributed by atoms with Gasteiger partial charge in [0.25, 0.3) is 0 Å². The molecule has 1 heterocycles. The van der Waals surface area contributed by atoms with Crippen LogP contribution >= 0.6 is 11.8 Å². The minimum atomic E-state index is -0.882. The maximum absolute atomic E-state index is 11.4. The summed E-state index contributed by atoms with van der Waals surface area (Å²) in [5, 5.41) is 9.35. The lowest BCUT2D eigenvalue weighted by Gasteiger charge is -2.18. The van der Waals surface area contributed by atoms with Gasteiger partial charge in [0.2, 0.25) is 0 Å². The number of aromatic carboxylic acids is 1. The molecule has 0 radical (unpaired) electrons. The summed E-state index contributed by atoms with van der Waals surface area (Å²) >= 11 is 1.58. The molecule has 0 amide bonds. The van der Waals surface area contributed by atoms with Crippen LogP contribution in [0.1, 0.15) is 47.7 Å². The molecule has 0 saturated carbocycles. The zero-order valence-corrected chi connectivity index (χ0v) is 13.6. The minimum absolute atomic E-state index is 0.302. The lowest BCUT2D eigenvalue weighted by molar-refractivity contribution is 0.0696. The number of ether oxygens (including phenoxy) is 1. The molecule has 3 nitrogen and oxygen atoms in total. The molecule has 0 spiro atoms. The number of benzene rings is 1. The summed E-state index contributed by atoms with van der Waals surface area (Å²) < 4.78 is 5.45. The number of carboxylic acids is 1. The highest BCUT2D eigenvalue weighted by molar-refractivity contribution is 8.03. The lowest BCUT2D eigenvalue weighted by Crippen LogP contribution is -2.06. The van der Waals surface area contributed by atoms with Crippen molar-refractivity contribution in [3.05, 3.63) is 40.3 Å². The van der Waals surface area contributed by atoms with Gasteiger partial charge in [0.15, 0.2) is 0 Å². The molecule has 2 rings (SSSR count). The van der Waals surface area contributed by atoms with Crippen molar-refractivity contribution in [1.29, 1.82) is 0 Å². The van der Waals surface area contributed by atoms with E-state index in [1.165, 1.54) is 0 Å². The standard InChI is InChI=1S/C17H22O3S/c1-10(2)12(4)21-16-8-14(17(18)19)7-15(11(16)3)13-5-6-20-9-13/h7-8,10,13H,4-6,9H2,1-3H3,(H,18,19). The molecule has 1 N–H and O–H groups in total. The topological polar surface area (TPSA) is 46.5 Å². The Kier molecular flexibility index (Phi) is 5.12. The Bertz CT molecular complexity index is 557. The first-order valence-electron chi connectivity index (χ1n) is 7.22. The SMILES string of the molecule is C=C(Sc1cc(C(=O)O)cc(C2CCOC2)c1C)C(C)C. The first-order valence-corrected chi connectivity index (χ1v) is 8.04. The van der Waals surface area contributed by atoms with Crippen molar-refractivity contribution in [3.63, 3.8) is 0 Å². The van der Waals surface area contributed by atoms with Gasteiger partial charge in [0.05, 0.1) is 12.2 Å². The van der Waals surface area contributed by atoms with Crippen molar-refractivity contribution in [2.24, 2.45) is 5.92 Å². The second-order valence-corrected chi connectivity index (χ2v) is 6.95. The molecule has 114 valence electrons. The fraction of sp³-hybridized carbons (Fsp3) is 0.471. The second-order valence-electron chi connectivity index (χ2n) is 5.78. The van der Waals surface area contributed by atoms with Gasteiger partial charge < -0.3 is 9.84 Å². The molecule has 4 heteroatoms. The van der Waals surface area contributed by atoms with Crippen molar-refractivity contribution in [3.8, 4) is 0 Å². The summed E-state index contributed by atoms with van der Waals surface area (Å²) in [5.74, 6) is -0.218. The van der Waals surface area contributed by atoms with Crippen molar-refractivity contribution in [2.75, 3.05) is 13.2 Å². The summed E-state index contributed by atoms with van der Waals surface area (Å²) in [6, 6.07) is 3.56. The monoisotopic (exact) mass is 306 g/mol. The van der Waals surface area contributed by atoms with Gasteiger partial charge in [-0.3, -0.25) is 0 Å². The average molecular weight is 306 g/mol. The number of carboxylic acid groups (broad SMARTS) is 1. The van der Waals surface area contributed by atoms with Crippen LogP contribution in [0.2, 0.25) is 0 Å². The summed E-state index contributed by atoms with van der Waals surface area (Å²) in [6.45, 7) is 11.8. The number of allylic oxidation sites excluding steroid dienone is 1. The Morgan fingerprint density at radius 2 is 2.19 bits per heavy atom. The maximum atomic E-state index is 11.4. The van der Waals surface area contributed by atoms with Crippen LogP contribution < -0.4 is 0 Å². The summed E-state index contributed by atoms with van der Waals surface area (Å²) in [4.78, 5) is 13.4. The van der Waals surface area contributed by atoms with E-state index in [1.54, 1.807) is 23.9 Å². The van der Waals surface area contributed by atoms with Crippen LogP contribution in [0, 0.1) is 12.8 Å². The van der Waals surface area contributed by atoms with E-state index in [4.69, 9.17) is 4.74 Å². The molecule has 1 fully saturated rings. The smallest absolute Gasteiger partial charge is 0.335 e. The van der Waals surface area contributed by atoms with Gasteiger partial charge >= 0.3 is 5.97 Å². The number of hydrogen-bond donors (Lipinski definition) is 1. The fourth-order valence-corrected chi connectivity index (χ4v) is 3.38. The molecular weight excluding hydrogens is 284 g/mol. The second kappa shape index (κ2) is 6.67. The van der Waals surface area contributed by atoms with E-state index in [0.717, 1.165) is 34.0 Å². The first kappa shape index (κ1) is 16.1. The van der Waals surface area contributed by atoms with Gasteiger partial charge in [-0.15, -0.1) is 0 Å². The third kappa shape index (κ3) is 3.69. The zero-order valence-electron chi connectivity index (χ0n) is 12.8. The molecular formula is C17H22O3S. The van der Waals surface area contributed by atoms with Crippen LogP contribution in [-0.4, -0.2) is 24.3 Å². The molecule has 1 saturated heterocycles. The summed E-state index contributed by atoms with van der Waals surface area (Å²) in [6.07, 6.45) is 0.957. The first-order chi connectivity index (χ1) is 9.90. The molecule has 1 aromatic carbocycles. The molecule has 1 aliphatic rings. The van der Waals surface area contributed by atoms with Crippen LogP contribution in [0.5, 0.6) is 0 Å². The van der Waals surface area contributed by atoms with E-state index >= 15 is 0 Å². The largest absolute Gasteiger partial charge is 0.478 e. The average Bonchev–Trinajstić information content (AvgIpc) is 2.94. The molecule has 0 bridgehead atoms. The van der Waals surface area contributed by atoms with Gasteiger partial charge in [-0.2, -0.15) is 0 Å². The minimum Gasteiger partial charge on any atom is -0.478 e. The van der Waals surface area contributed by atoms with Crippen molar-refractivity contribution < 1.29 is 14.6 Å². The highest BCUT2D eigenvalue weighted by atomic mass is 32.2. The molecule has 0 aliphatic carbocycles. The Balaban J connectivity index is 2.42. The molecule has 21 heavy (non-hydrogen) atoms. The van der Waals surface area contributed by atoms with Crippen LogP contribution in [-0.2, 0) is 4.74 Å². The van der Waals surface area contributed by atoms with E-state index in [1.807, 2.05) is 0 Å². The van der Waals surface area contributed by atoms with Crippen LogP contribution in [0.25, 0.3) is 0 Å². The van der Waals surface area contributed by atoms with E-state index in [9.17, 15) is 9.90 Å². The molecule has 1 aromatic rings. The molecule has 1 unspecified atom stereocenters. The highest BCUT2D eigenvalue weighted by Gasteiger charge is 2.23. The number of rotatable bonds is 5. The normalized spacial score (nSPS) is 18.2. The molecule has 1 aliphatic heterocycles. The highest BCUT2D eigenvalue weighted by Crippen LogP contribution is 2.38. The summed E-state index contributed by atoms with van der Waals surface area (Å²) in [7, 11) is 0. The predicted molar refractivity (Wildman–Crippen MR) is 86.2 cm³/mol. The number of carbonyl (C=O) groups is 1. The number of thioether (sulfide) groups is 1. The lowest BCUT2D eigenvalue weighted by atomic mass is 9.92. The van der Waals surface area contributed by atoms with E-state index < -0.39 is 5.97 Å². The van der Waals surface area contributed by atoms with Crippen molar-refractivity contribution >= 4 is 17.7 Å². The summed E-state index contributed by atoms with van der Waals surface area (Å²) in [5.41, 5.74) is 2.61. The Morgan fingerprint density at radius 1 is 1.48 bits per heavy atom. The Morgan fingerprint density at radius 3 is 2.71 bits per heavy atom. The van der Waals surface area contributed by atoms with E-state index in [2.05, 4.69) is 27.4 Å². The van der Waals surface area contributed by atoms with Gasteiger partial charge in [-0.25, -0.2) is 4.79 Å². The quantitative estimate of drug-likeness (QED) is 0.816. The van der Waals surface area contributed by atoms with Crippen LogP contribution in [0.15, 0.2) is 28.5 Å². The fourth-order valence-electron chi connectivity index (χ4n) is 2.40. The molecule has 0 aromatic heterocycles. The van der Waals surface area contributed by atoms with Crippen LogP contribution in [0.4, 0.5) is 0 Å². The zero-order chi connectivity index (χ0) is 15.6. The maximum Gasteiger partial charge on any atom is 0.335 e. The van der Waals surface area contributed by atoms with Crippen LogP contribution in [0.3, 0.4) is 0 Å². The van der Waals surface area contributed by atoms with Crippen molar-refractivity contribution in [1.82, 2.24) is 0 Å². The molecule has 1 atom stereocenters. The Labute approximate surface area is 130 Å². The van der Waals surface area contributed by atoms with Gasteiger partial charge in [-0.05, 0) is 47.4 Å². The van der Waals surface area contributed by atoms with Gasteiger partial charge in [0, 0.05) is 17.4 Å². The number of hydrogen-bond acceptors (Lipinski definition) is 3. The van der Waals surface area contributed by atoms with Crippen molar-refractivity contribution in [2.45, 2.75) is 38.0 Å². The van der Waals surface area contributed by atoms with E-state index in [-0.39, 0.29) is 0 Å². The van der Waals surface area contributed by atoms with E-state index in [0.29, 0.717) is 24.0 Å². The Hall–Kier alpha value is -1.26. The van der Waals surface area contributed by atoms with Gasteiger partial charge in [-0.1, -0.05) is 32.2 Å². The van der Waals surface area contributed by atoms with Gasteiger partial charge in [0.1, 0.15) is 0 Å². The third-order valence-electron chi connectivity index (χ3n) is 3.90. The predicted octanol–water partition coefficient (Wildman–Crippen LogP) is 4.46.